The third kappa shape index (κ3) is 3.01. The van der Waals surface area contributed by atoms with Crippen LogP contribution in [0.1, 0.15) is 11.7 Å². The first-order chi connectivity index (χ1) is 8.29. The molecule has 0 aliphatic rings. The topological polar surface area (TPSA) is 68.6 Å². The second-order valence-electron chi connectivity index (χ2n) is 3.75. The van der Waals surface area contributed by atoms with Gasteiger partial charge in [-0.05, 0) is 36.4 Å². The molecule has 0 bridgehead atoms. The van der Waals surface area contributed by atoms with E-state index in [1.54, 1.807) is 30.5 Å². The van der Waals surface area contributed by atoms with Gasteiger partial charge in [0.15, 0.2) is 0 Å². The molecule has 0 saturated heterocycles. The fourth-order valence-corrected chi connectivity index (χ4v) is 1.53. The smallest absolute Gasteiger partial charge is 0.119 e. The van der Waals surface area contributed by atoms with Crippen LogP contribution in [0.15, 0.2) is 47.1 Å². The third-order valence-electron chi connectivity index (χ3n) is 2.52. The molecule has 0 aliphatic carbocycles. The van der Waals surface area contributed by atoms with Gasteiger partial charge in [0.25, 0.3) is 0 Å². The van der Waals surface area contributed by atoms with Crippen LogP contribution in [-0.2, 0) is 0 Å². The van der Waals surface area contributed by atoms with Crippen LogP contribution in [-0.4, -0.2) is 18.3 Å². The lowest BCUT2D eigenvalue weighted by molar-refractivity contribution is 0.272. The summed E-state index contributed by atoms with van der Waals surface area (Å²) in [6.45, 7) is 0.917. The van der Waals surface area contributed by atoms with Crippen molar-refractivity contribution >= 4 is 0 Å². The summed E-state index contributed by atoms with van der Waals surface area (Å²) in [5, 5.41) is 9.14. The summed E-state index contributed by atoms with van der Waals surface area (Å²) in [5.74, 6) is 1.79. The van der Waals surface area contributed by atoms with E-state index < -0.39 is 0 Å². The average molecular weight is 233 g/mol. The molecule has 0 amide bonds. The summed E-state index contributed by atoms with van der Waals surface area (Å²) in [7, 11) is 0. The minimum Gasteiger partial charge on any atom is -0.508 e. The fourth-order valence-electron chi connectivity index (χ4n) is 1.53. The molecule has 1 aromatic heterocycles. The van der Waals surface area contributed by atoms with Gasteiger partial charge in [-0.3, -0.25) is 0 Å². The van der Waals surface area contributed by atoms with Gasteiger partial charge in [0.2, 0.25) is 0 Å². The molecule has 1 atom stereocenters. The molecule has 4 nitrogen and oxygen atoms in total. The molecular weight excluding hydrogens is 218 g/mol. The maximum atomic E-state index is 9.14. The van der Waals surface area contributed by atoms with Gasteiger partial charge in [0.1, 0.15) is 17.3 Å². The Kier molecular flexibility index (Phi) is 3.67. The lowest BCUT2D eigenvalue weighted by Crippen LogP contribution is -2.19. The van der Waals surface area contributed by atoms with Crippen molar-refractivity contribution in [3.63, 3.8) is 0 Å². The molecule has 0 radical (unpaired) electrons. The summed E-state index contributed by atoms with van der Waals surface area (Å²) in [5.41, 5.74) is 5.67. The Morgan fingerprint density at radius 1 is 1.24 bits per heavy atom. The quantitative estimate of drug-likeness (QED) is 0.829. The van der Waals surface area contributed by atoms with E-state index in [1.165, 1.54) is 0 Å². The van der Waals surface area contributed by atoms with E-state index in [0.717, 1.165) is 5.76 Å². The second-order valence-corrected chi connectivity index (χ2v) is 3.75. The van der Waals surface area contributed by atoms with Crippen molar-refractivity contribution in [2.45, 2.75) is 5.92 Å². The van der Waals surface area contributed by atoms with Crippen LogP contribution in [0, 0.1) is 0 Å². The van der Waals surface area contributed by atoms with Crippen LogP contribution in [0.3, 0.4) is 0 Å². The van der Waals surface area contributed by atoms with Crippen molar-refractivity contribution in [1.29, 1.82) is 0 Å². The van der Waals surface area contributed by atoms with Crippen LogP contribution in [0.25, 0.3) is 0 Å². The number of phenolic OH excluding ortho intramolecular Hbond substituents is 1. The zero-order valence-electron chi connectivity index (χ0n) is 9.37. The van der Waals surface area contributed by atoms with Gasteiger partial charge in [-0.1, -0.05) is 0 Å². The lowest BCUT2D eigenvalue weighted by Gasteiger charge is -2.13. The van der Waals surface area contributed by atoms with Crippen molar-refractivity contribution in [3.8, 4) is 11.5 Å². The van der Waals surface area contributed by atoms with Crippen molar-refractivity contribution < 1.29 is 14.3 Å². The largest absolute Gasteiger partial charge is 0.508 e. The minimum absolute atomic E-state index is 0.0406. The fraction of sp³-hybridized carbons (Fsp3) is 0.231. The highest BCUT2D eigenvalue weighted by atomic mass is 16.5. The number of hydrogen-bond acceptors (Lipinski definition) is 4. The van der Waals surface area contributed by atoms with Gasteiger partial charge in [0.05, 0.1) is 18.8 Å². The van der Waals surface area contributed by atoms with Crippen LogP contribution < -0.4 is 10.5 Å². The van der Waals surface area contributed by atoms with Crippen molar-refractivity contribution in [1.82, 2.24) is 0 Å². The molecular formula is C13H15NO3. The first kappa shape index (κ1) is 11.5. The molecule has 1 unspecified atom stereocenters. The van der Waals surface area contributed by atoms with Gasteiger partial charge >= 0.3 is 0 Å². The highest BCUT2D eigenvalue weighted by molar-refractivity contribution is 5.30. The number of phenols is 1. The van der Waals surface area contributed by atoms with E-state index in [2.05, 4.69) is 0 Å². The first-order valence-electron chi connectivity index (χ1n) is 5.45. The number of rotatable bonds is 5. The molecule has 3 N–H and O–H groups in total. The molecule has 17 heavy (non-hydrogen) atoms. The monoisotopic (exact) mass is 233 g/mol. The highest BCUT2D eigenvalue weighted by Gasteiger charge is 2.13. The van der Waals surface area contributed by atoms with Crippen molar-refractivity contribution in [3.05, 3.63) is 48.4 Å². The Hall–Kier alpha value is -1.94. The molecule has 0 saturated carbocycles. The zero-order valence-corrected chi connectivity index (χ0v) is 9.37. The van der Waals surface area contributed by atoms with E-state index in [4.69, 9.17) is 20.0 Å². The van der Waals surface area contributed by atoms with E-state index in [1.807, 2.05) is 12.1 Å². The Bertz CT molecular complexity index is 436. The molecule has 4 heteroatoms. The lowest BCUT2D eigenvalue weighted by atomic mass is 10.1. The molecule has 2 rings (SSSR count). The van der Waals surface area contributed by atoms with Crippen LogP contribution in [0.4, 0.5) is 0 Å². The number of benzene rings is 1. The minimum atomic E-state index is 0.0406. The molecule has 1 aromatic carbocycles. The third-order valence-corrected chi connectivity index (χ3v) is 2.52. The predicted molar refractivity (Wildman–Crippen MR) is 64.1 cm³/mol. The summed E-state index contributed by atoms with van der Waals surface area (Å²) < 4.78 is 10.9. The molecule has 1 heterocycles. The highest BCUT2D eigenvalue weighted by Crippen LogP contribution is 2.20. The van der Waals surface area contributed by atoms with E-state index >= 15 is 0 Å². The van der Waals surface area contributed by atoms with E-state index in [0.29, 0.717) is 18.9 Å². The Morgan fingerprint density at radius 2 is 2.00 bits per heavy atom. The summed E-state index contributed by atoms with van der Waals surface area (Å²) in [6.07, 6.45) is 1.62. The maximum absolute atomic E-state index is 9.14. The van der Waals surface area contributed by atoms with E-state index in [9.17, 15) is 0 Å². The molecule has 0 spiro atoms. The second kappa shape index (κ2) is 5.41. The normalized spacial score (nSPS) is 12.3. The van der Waals surface area contributed by atoms with Crippen LogP contribution in [0.2, 0.25) is 0 Å². The Morgan fingerprint density at radius 3 is 2.59 bits per heavy atom. The number of aromatic hydroxyl groups is 1. The summed E-state index contributed by atoms with van der Waals surface area (Å²) >= 11 is 0. The summed E-state index contributed by atoms with van der Waals surface area (Å²) in [4.78, 5) is 0. The standard InChI is InChI=1S/C13H15NO3/c14-8-10(13-2-1-7-16-13)9-17-12-5-3-11(15)4-6-12/h1-7,10,15H,8-9,14H2. The molecule has 0 fully saturated rings. The number of furan rings is 1. The van der Waals surface area contributed by atoms with Crippen LogP contribution in [0.5, 0.6) is 11.5 Å². The zero-order chi connectivity index (χ0) is 12.1. The van der Waals surface area contributed by atoms with Crippen LogP contribution >= 0.6 is 0 Å². The molecule has 2 aromatic rings. The number of hydrogen-bond donors (Lipinski definition) is 2. The molecule has 90 valence electrons. The van der Waals surface area contributed by atoms with Gasteiger partial charge in [0, 0.05) is 6.54 Å². The van der Waals surface area contributed by atoms with Gasteiger partial charge < -0.3 is 20.0 Å². The maximum Gasteiger partial charge on any atom is 0.119 e. The van der Waals surface area contributed by atoms with Gasteiger partial charge in [-0.25, -0.2) is 0 Å². The van der Waals surface area contributed by atoms with Crippen molar-refractivity contribution in [2.24, 2.45) is 5.73 Å². The number of ether oxygens (including phenoxy) is 1. The van der Waals surface area contributed by atoms with Gasteiger partial charge in [-0.15, -0.1) is 0 Å². The Labute approximate surface area is 99.6 Å². The van der Waals surface area contributed by atoms with E-state index in [-0.39, 0.29) is 11.7 Å². The number of nitrogens with two attached hydrogens (primary N) is 1. The summed E-state index contributed by atoms with van der Waals surface area (Å²) in [6, 6.07) is 10.3. The Balaban J connectivity index is 1.94. The average Bonchev–Trinajstić information content (AvgIpc) is 2.86. The first-order valence-corrected chi connectivity index (χ1v) is 5.45. The van der Waals surface area contributed by atoms with Gasteiger partial charge in [-0.2, -0.15) is 0 Å². The SMILES string of the molecule is NCC(COc1ccc(O)cc1)c1ccco1. The predicted octanol–water partition coefficient (Wildman–Crippen LogP) is 2.11. The molecule has 0 aliphatic heterocycles. The van der Waals surface area contributed by atoms with Crippen molar-refractivity contribution in [2.75, 3.05) is 13.2 Å².